The molecule has 1 fully saturated rings. The summed E-state index contributed by atoms with van der Waals surface area (Å²) in [5.41, 5.74) is 0.712. The Balaban J connectivity index is 2.46. The molecular weight excluding hydrogens is 381 g/mol. The van der Waals surface area contributed by atoms with Gasteiger partial charge in [0, 0.05) is 39.7 Å². The highest BCUT2D eigenvalue weighted by Crippen LogP contribution is 2.35. The number of nitrogens with zero attached hydrogens (tertiary/aromatic N) is 2. The zero-order chi connectivity index (χ0) is 15.3. The van der Waals surface area contributed by atoms with E-state index < -0.39 is 5.60 Å². The Kier molecular flexibility index (Phi) is 6.19. The zero-order valence-corrected chi connectivity index (χ0v) is 15.2. The summed E-state index contributed by atoms with van der Waals surface area (Å²) in [4.78, 5) is 9.58. The van der Waals surface area contributed by atoms with E-state index in [2.05, 4.69) is 34.8 Å². The molecule has 118 valence electrons. The van der Waals surface area contributed by atoms with Crippen molar-refractivity contribution in [3.8, 4) is 0 Å². The summed E-state index contributed by atoms with van der Waals surface area (Å²) in [6.45, 7) is 6.26. The van der Waals surface area contributed by atoms with E-state index in [0.29, 0.717) is 19.8 Å². The van der Waals surface area contributed by atoms with Gasteiger partial charge in [-0.3, -0.25) is 0 Å². The molecule has 1 N–H and O–H groups in total. The third kappa shape index (κ3) is 3.65. The normalized spacial score (nSPS) is 17.7. The molecule has 1 aliphatic heterocycles. The van der Waals surface area contributed by atoms with Crippen LogP contribution in [-0.2, 0) is 21.5 Å². The fraction of sp³-hybridized carbons (Fsp3) is 0.733. The Morgan fingerprint density at radius 1 is 1.29 bits per heavy atom. The highest BCUT2D eigenvalue weighted by Gasteiger charge is 2.39. The van der Waals surface area contributed by atoms with Gasteiger partial charge in [0.25, 0.3) is 0 Å². The van der Waals surface area contributed by atoms with Crippen molar-refractivity contribution in [2.24, 2.45) is 0 Å². The van der Waals surface area contributed by atoms with Crippen molar-refractivity contribution in [1.82, 2.24) is 9.97 Å². The van der Waals surface area contributed by atoms with Crippen molar-refractivity contribution >= 4 is 28.4 Å². The van der Waals surface area contributed by atoms with Gasteiger partial charge in [-0.25, -0.2) is 9.97 Å². The first-order valence-corrected chi connectivity index (χ1v) is 8.71. The largest absolute Gasteiger partial charge is 0.381 e. The lowest BCUT2D eigenvalue weighted by molar-refractivity contribution is -0.117. The van der Waals surface area contributed by atoms with E-state index >= 15 is 0 Å². The van der Waals surface area contributed by atoms with Crippen LogP contribution in [0.1, 0.15) is 44.6 Å². The van der Waals surface area contributed by atoms with Gasteiger partial charge in [-0.1, -0.05) is 13.3 Å². The Labute approximate surface area is 140 Å². The summed E-state index contributed by atoms with van der Waals surface area (Å²) in [5, 5.41) is 3.19. The summed E-state index contributed by atoms with van der Waals surface area (Å²) in [7, 11) is 1.90. The van der Waals surface area contributed by atoms with Crippen LogP contribution >= 0.6 is 22.6 Å². The quantitative estimate of drug-likeness (QED) is 0.738. The Bertz CT molecular complexity index is 471. The van der Waals surface area contributed by atoms with Crippen LogP contribution in [0.25, 0.3) is 0 Å². The summed E-state index contributed by atoms with van der Waals surface area (Å²) >= 11 is 2.32. The maximum Gasteiger partial charge on any atom is 0.163 e. The third-order valence-corrected chi connectivity index (χ3v) is 4.91. The first-order valence-electron chi connectivity index (χ1n) is 7.63. The number of halogens is 1. The minimum absolute atomic E-state index is 0.397. The van der Waals surface area contributed by atoms with Crippen LogP contribution in [-0.4, -0.2) is 36.8 Å². The number of ether oxygens (including phenoxy) is 2. The smallest absolute Gasteiger partial charge is 0.163 e. The van der Waals surface area contributed by atoms with Gasteiger partial charge in [0.05, 0.1) is 9.26 Å². The molecule has 1 aliphatic rings. The fourth-order valence-corrected chi connectivity index (χ4v) is 3.46. The van der Waals surface area contributed by atoms with Gasteiger partial charge in [0.1, 0.15) is 11.4 Å². The number of hydrogen-bond acceptors (Lipinski definition) is 5. The zero-order valence-electron chi connectivity index (χ0n) is 13.0. The topological polar surface area (TPSA) is 56.3 Å². The van der Waals surface area contributed by atoms with Gasteiger partial charge in [0.15, 0.2) is 5.82 Å². The van der Waals surface area contributed by atoms with Crippen LogP contribution in [0.3, 0.4) is 0 Å². The van der Waals surface area contributed by atoms with Crippen molar-refractivity contribution in [2.45, 2.75) is 45.1 Å². The van der Waals surface area contributed by atoms with E-state index in [4.69, 9.17) is 19.4 Å². The van der Waals surface area contributed by atoms with Crippen molar-refractivity contribution in [3.63, 3.8) is 0 Å². The Hall–Kier alpha value is -0.470. The number of rotatable bonds is 6. The summed E-state index contributed by atoms with van der Waals surface area (Å²) in [5.74, 6) is 1.70. The van der Waals surface area contributed by atoms with Gasteiger partial charge < -0.3 is 14.8 Å². The molecule has 1 saturated heterocycles. The van der Waals surface area contributed by atoms with E-state index in [1.165, 1.54) is 0 Å². The molecule has 0 spiro atoms. The van der Waals surface area contributed by atoms with E-state index in [0.717, 1.165) is 46.6 Å². The van der Waals surface area contributed by atoms with Gasteiger partial charge in [-0.05, 0) is 35.9 Å². The van der Waals surface area contributed by atoms with Crippen molar-refractivity contribution < 1.29 is 9.47 Å². The molecule has 5 nitrogen and oxygen atoms in total. The van der Waals surface area contributed by atoms with Crippen molar-refractivity contribution in [3.05, 3.63) is 15.1 Å². The molecule has 0 radical (unpaired) electrons. The first kappa shape index (κ1) is 16.9. The maximum absolute atomic E-state index is 6.09. The molecule has 6 heteroatoms. The average molecular weight is 405 g/mol. The van der Waals surface area contributed by atoms with E-state index in [1.54, 1.807) is 0 Å². The molecule has 1 aromatic rings. The summed E-state index contributed by atoms with van der Waals surface area (Å²) in [6, 6.07) is 0. The molecular formula is C15H24IN3O2. The highest BCUT2D eigenvalue weighted by molar-refractivity contribution is 14.1. The highest BCUT2D eigenvalue weighted by atomic mass is 127. The number of aromatic nitrogens is 2. The Morgan fingerprint density at radius 3 is 2.57 bits per heavy atom. The molecule has 0 bridgehead atoms. The number of hydrogen-bond donors (Lipinski definition) is 1. The number of aryl methyl sites for hydroxylation is 1. The van der Waals surface area contributed by atoms with Crippen LogP contribution in [0.4, 0.5) is 5.82 Å². The second kappa shape index (κ2) is 7.69. The molecule has 2 rings (SSSR count). The van der Waals surface area contributed by atoms with Crippen LogP contribution in [0.2, 0.25) is 0 Å². The van der Waals surface area contributed by atoms with E-state index in [9.17, 15) is 0 Å². The molecule has 21 heavy (non-hydrogen) atoms. The van der Waals surface area contributed by atoms with Gasteiger partial charge in [-0.2, -0.15) is 0 Å². The van der Waals surface area contributed by atoms with E-state index in [1.807, 2.05) is 14.0 Å². The molecule has 0 unspecified atom stereocenters. The SMILES string of the molecule is CCCc1nc(C2(OCC)CCOCC2)nc(NC)c1I. The first-order chi connectivity index (χ1) is 10.2. The predicted molar refractivity (Wildman–Crippen MR) is 91.6 cm³/mol. The lowest BCUT2D eigenvalue weighted by atomic mass is 9.92. The minimum Gasteiger partial charge on any atom is -0.381 e. The van der Waals surface area contributed by atoms with Crippen LogP contribution < -0.4 is 5.32 Å². The second-order valence-corrected chi connectivity index (χ2v) is 6.27. The third-order valence-electron chi connectivity index (χ3n) is 3.77. The van der Waals surface area contributed by atoms with Crippen molar-refractivity contribution in [2.75, 3.05) is 32.2 Å². The molecule has 0 atom stereocenters. The van der Waals surface area contributed by atoms with Gasteiger partial charge in [0.2, 0.25) is 0 Å². The second-order valence-electron chi connectivity index (χ2n) is 5.20. The van der Waals surface area contributed by atoms with E-state index in [-0.39, 0.29) is 0 Å². The maximum atomic E-state index is 6.09. The number of nitrogens with one attached hydrogen (secondary N) is 1. The molecule has 1 aromatic heterocycles. The molecule has 0 amide bonds. The van der Waals surface area contributed by atoms with Crippen LogP contribution in [0, 0.1) is 3.57 Å². The predicted octanol–water partition coefficient (Wildman–Crippen LogP) is 3.12. The molecule has 2 heterocycles. The van der Waals surface area contributed by atoms with Gasteiger partial charge >= 0.3 is 0 Å². The lowest BCUT2D eigenvalue weighted by Crippen LogP contribution is -2.39. The summed E-state index contributed by atoms with van der Waals surface area (Å²) in [6.07, 6.45) is 3.66. The van der Waals surface area contributed by atoms with Gasteiger partial charge in [-0.15, -0.1) is 0 Å². The molecule has 0 aliphatic carbocycles. The Morgan fingerprint density at radius 2 is 2.00 bits per heavy atom. The summed E-state index contributed by atoms with van der Waals surface area (Å²) < 4.78 is 12.7. The minimum atomic E-state index is -0.397. The standard InChI is InChI=1S/C15H24IN3O2/c1-4-6-11-12(16)13(17-3)19-14(18-11)15(21-5-2)7-9-20-10-8-15/h4-10H2,1-3H3,(H,17,18,19). The van der Waals surface area contributed by atoms with Crippen molar-refractivity contribution in [1.29, 1.82) is 0 Å². The molecule has 0 saturated carbocycles. The monoisotopic (exact) mass is 405 g/mol. The average Bonchev–Trinajstić information content (AvgIpc) is 2.50. The lowest BCUT2D eigenvalue weighted by Gasteiger charge is -2.35. The van der Waals surface area contributed by atoms with Crippen LogP contribution in [0.15, 0.2) is 0 Å². The van der Waals surface area contributed by atoms with Crippen LogP contribution in [0.5, 0.6) is 0 Å². The number of anilines is 1. The fourth-order valence-electron chi connectivity index (χ4n) is 2.68. The molecule has 0 aromatic carbocycles.